The zero-order valence-electron chi connectivity index (χ0n) is 12.8. The summed E-state index contributed by atoms with van der Waals surface area (Å²) in [6.45, 7) is 3.92. The molecule has 3 N–H and O–H groups in total. The molecule has 116 valence electrons. The lowest BCUT2D eigenvalue weighted by Crippen LogP contribution is -2.42. The number of amides is 1. The molecule has 0 radical (unpaired) electrons. The molecule has 0 aliphatic heterocycles. The summed E-state index contributed by atoms with van der Waals surface area (Å²) in [4.78, 5) is 24.1. The fraction of sp³-hybridized carbons (Fsp3) is 0.467. The fourth-order valence-corrected chi connectivity index (χ4v) is 2.03. The molecular formula is C15H22N2O4. The molecule has 1 aromatic rings. The van der Waals surface area contributed by atoms with Gasteiger partial charge in [-0.2, -0.15) is 0 Å². The van der Waals surface area contributed by atoms with Gasteiger partial charge in [0.1, 0.15) is 6.04 Å². The Morgan fingerprint density at radius 1 is 1.29 bits per heavy atom. The summed E-state index contributed by atoms with van der Waals surface area (Å²) in [7, 11) is 2.73. The van der Waals surface area contributed by atoms with E-state index >= 15 is 0 Å². The van der Waals surface area contributed by atoms with Gasteiger partial charge in [0.2, 0.25) is 0 Å². The minimum absolute atomic E-state index is 0.233. The number of hydrogen-bond donors (Lipinski definition) is 2. The first-order valence-electron chi connectivity index (χ1n) is 6.71. The quantitative estimate of drug-likeness (QED) is 0.614. The Morgan fingerprint density at radius 2 is 1.95 bits per heavy atom. The number of benzene rings is 1. The van der Waals surface area contributed by atoms with Gasteiger partial charge in [0, 0.05) is 0 Å². The molecule has 1 atom stereocenters. The minimum Gasteiger partial charge on any atom is -0.494 e. The maximum Gasteiger partial charge on any atom is 0.328 e. The second kappa shape index (κ2) is 7.52. The number of carbonyl (C=O) groups excluding carboxylic acids is 2. The third-order valence-corrected chi connectivity index (χ3v) is 2.99. The van der Waals surface area contributed by atoms with Crippen molar-refractivity contribution in [1.29, 1.82) is 0 Å². The van der Waals surface area contributed by atoms with Gasteiger partial charge in [0.05, 0.1) is 25.5 Å². The van der Waals surface area contributed by atoms with Gasteiger partial charge in [-0.3, -0.25) is 4.79 Å². The van der Waals surface area contributed by atoms with E-state index < -0.39 is 17.9 Å². The number of nitrogen functional groups attached to an aromatic ring is 1. The van der Waals surface area contributed by atoms with Gasteiger partial charge >= 0.3 is 5.97 Å². The van der Waals surface area contributed by atoms with Gasteiger partial charge in [-0.15, -0.1) is 0 Å². The van der Waals surface area contributed by atoms with Crippen molar-refractivity contribution < 1.29 is 19.1 Å². The highest BCUT2D eigenvalue weighted by atomic mass is 16.5. The summed E-state index contributed by atoms with van der Waals surface area (Å²) in [6, 6.07) is 4.19. The van der Waals surface area contributed by atoms with Crippen LogP contribution < -0.4 is 15.8 Å². The highest BCUT2D eigenvalue weighted by Crippen LogP contribution is 2.26. The molecule has 0 spiro atoms. The second-order valence-corrected chi connectivity index (χ2v) is 5.11. The second-order valence-electron chi connectivity index (χ2n) is 5.11. The van der Waals surface area contributed by atoms with Crippen LogP contribution in [0.2, 0.25) is 0 Å². The van der Waals surface area contributed by atoms with E-state index in [1.54, 1.807) is 18.2 Å². The first-order valence-corrected chi connectivity index (χ1v) is 6.71. The molecular weight excluding hydrogens is 272 g/mol. The fourth-order valence-electron chi connectivity index (χ4n) is 2.03. The molecule has 6 heteroatoms. The molecule has 1 unspecified atom stereocenters. The number of carbonyl (C=O) groups is 2. The van der Waals surface area contributed by atoms with Crippen LogP contribution in [0.5, 0.6) is 5.75 Å². The number of methoxy groups -OCH3 is 2. The van der Waals surface area contributed by atoms with Crippen molar-refractivity contribution in [3.05, 3.63) is 23.8 Å². The molecule has 0 aromatic heterocycles. The van der Waals surface area contributed by atoms with Crippen molar-refractivity contribution in [1.82, 2.24) is 5.32 Å². The van der Waals surface area contributed by atoms with E-state index in [1.165, 1.54) is 14.2 Å². The van der Waals surface area contributed by atoms with Crippen molar-refractivity contribution in [2.24, 2.45) is 5.92 Å². The molecule has 1 amide bonds. The van der Waals surface area contributed by atoms with Gasteiger partial charge in [-0.25, -0.2) is 4.79 Å². The summed E-state index contributed by atoms with van der Waals surface area (Å²) in [6.07, 6.45) is 0.489. The molecule has 0 bridgehead atoms. The predicted octanol–water partition coefficient (Wildman–Crippen LogP) is 1.59. The van der Waals surface area contributed by atoms with Crippen LogP contribution in [0.25, 0.3) is 0 Å². The van der Waals surface area contributed by atoms with E-state index in [-0.39, 0.29) is 11.5 Å². The summed E-state index contributed by atoms with van der Waals surface area (Å²) >= 11 is 0. The topological polar surface area (TPSA) is 90.7 Å². The number of anilines is 1. The van der Waals surface area contributed by atoms with Crippen molar-refractivity contribution in [2.45, 2.75) is 26.3 Å². The molecule has 0 heterocycles. The maximum absolute atomic E-state index is 12.3. The zero-order chi connectivity index (χ0) is 16.0. The van der Waals surface area contributed by atoms with Crippen LogP contribution in [0.3, 0.4) is 0 Å². The Hall–Kier alpha value is -2.24. The van der Waals surface area contributed by atoms with Gasteiger partial charge < -0.3 is 20.5 Å². The van der Waals surface area contributed by atoms with E-state index in [4.69, 9.17) is 15.2 Å². The third-order valence-electron chi connectivity index (χ3n) is 2.99. The highest BCUT2D eigenvalue weighted by molar-refractivity contribution is 6.00. The average molecular weight is 294 g/mol. The molecule has 0 saturated heterocycles. The number of rotatable bonds is 6. The number of para-hydroxylation sites is 1. The number of esters is 1. The van der Waals surface area contributed by atoms with Crippen LogP contribution in [-0.2, 0) is 9.53 Å². The summed E-state index contributed by atoms with van der Waals surface area (Å²) in [5.41, 5.74) is 6.42. The van der Waals surface area contributed by atoms with Crippen LogP contribution in [0.15, 0.2) is 18.2 Å². The summed E-state index contributed by atoms with van der Waals surface area (Å²) < 4.78 is 9.87. The van der Waals surface area contributed by atoms with Gasteiger partial charge in [0.15, 0.2) is 5.75 Å². The average Bonchev–Trinajstić information content (AvgIpc) is 2.44. The van der Waals surface area contributed by atoms with Crippen molar-refractivity contribution in [3.63, 3.8) is 0 Å². The SMILES string of the molecule is COC(=O)C(CC(C)C)NC(=O)c1cccc(N)c1OC. The monoisotopic (exact) mass is 294 g/mol. The Balaban J connectivity index is 2.97. The number of nitrogens with two attached hydrogens (primary N) is 1. The van der Waals surface area contributed by atoms with E-state index in [1.807, 2.05) is 13.8 Å². The van der Waals surface area contributed by atoms with Gasteiger partial charge in [0.25, 0.3) is 5.91 Å². The van der Waals surface area contributed by atoms with Crippen LogP contribution in [-0.4, -0.2) is 32.1 Å². The zero-order valence-corrected chi connectivity index (χ0v) is 12.8. The normalized spacial score (nSPS) is 11.9. The van der Waals surface area contributed by atoms with Crippen molar-refractivity contribution in [2.75, 3.05) is 20.0 Å². The number of ether oxygens (including phenoxy) is 2. The number of hydrogen-bond acceptors (Lipinski definition) is 5. The molecule has 21 heavy (non-hydrogen) atoms. The Kier molecular flexibility index (Phi) is 6.02. The molecule has 0 aliphatic carbocycles. The molecule has 0 saturated carbocycles. The predicted molar refractivity (Wildman–Crippen MR) is 80.1 cm³/mol. The molecule has 6 nitrogen and oxygen atoms in total. The lowest BCUT2D eigenvalue weighted by molar-refractivity contribution is -0.143. The molecule has 1 aromatic carbocycles. The minimum atomic E-state index is -0.700. The standard InChI is InChI=1S/C15H22N2O4/c1-9(2)8-12(15(19)21-4)17-14(18)10-6-5-7-11(16)13(10)20-3/h5-7,9,12H,8,16H2,1-4H3,(H,17,18). The van der Waals surface area contributed by atoms with E-state index in [0.717, 1.165) is 0 Å². The largest absolute Gasteiger partial charge is 0.494 e. The maximum atomic E-state index is 12.3. The van der Waals surface area contributed by atoms with Gasteiger partial charge in [-0.1, -0.05) is 19.9 Å². The van der Waals surface area contributed by atoms with Crippen LogP contribution in [0.4, 0.5) is 5.69 Å². The van der Waals surface area contributed by atoms with E-state index in [0.29, 0.717) is 17.9 Å². The Bertz CT molecular complexity index is 514. The first kappa shape index (κ1) is 16.8. The lowest BCUT2D eigenvalue weighted by atomic mass is 10.0. The van der Waals surface area contributed by atoms with E-state index in [2.05, 4.69) is 5.32 Å². The van der Waals surface area contributed by atoms with E-state index in [9.17, 15) is 9.59 Å². The highest BCUT2D eigenvalue weighted by Gasteiger charge is 2.24. The number of nitrogens with one attached hydrogen (secondary N) is 1. The van der Waals surface area contributed by atoms with Crippen molar-refractivity contribution in [3.8, 4) is 5.75 Å². The lowest BCUT2D eigenvalue weighted by Gasteiger charge is -2.19. The van der Waals surface area contributed by atoms with Crippen LogP contribution in [0.1, 0.15) is 30.6 Å². The van der Waals surface area contributed by atoms with Crippen LogP contribution >= 0.6 is 0 Å². The van der Waals surface area contributed by atoms with Crippen LogP contribution in [0, 0.1) is 5.92 Å². The third kappa shape index (κ3) is 4.37. The summed E-state index contributed by atoms with van der Waals surface area (Å²) in [5.74, 6) is -0.365. The molecule has 1 rings (SSSR count). The smallest absolute Gasteiger partial charge is 0.328 e. The first-order chi connectivity index (χ1) is 9.90. The Morgan fingerprint density at radius 3 is 2.48 bits per heavy atom. The summed E-state index contributed by atoms with van der Waals surface area (Å²) in [5, 5.41) is 2.67. The molecule has 0 fully saturated rings. The van der Waals surface area contributed by atoms with Crippen molar-refractivity contribution >= 4 is 17.6 Å². The molecule has 0 aliphatic rings. The van der Waals surface area contributed by atoms with Gasteiger partial charge in [-0.05, 0) is 24.5 Å². The Labute approximate surface area is 124 Å².